The summed E-state index contributed by atoms with van der Waals surface area (Å²) in [4.78, 5) is 28.4. The highest BCUT2D eigenvalue weighted by Gasteiger charge is 2.24. The Morgan fingerprint density at radius 1 is 1.03 bits per heavy atom. The fourth-order valence-corrected chi connectivity index (χ4v) is 4.97. The molecule has 2 heterocycles. The number of benzene rings is 2. The van der Waals surface area contributed by atoms with Crippen LogP contribution in [0.1, 0.15) is 30.5 Å². The Balaban J connectivity index is 1.94. The minimum absolute atomic E-state index is 0.0236. The van der Waals surface area contributed by atoms with Gasteiger partial charge in [-0.05, 0) is 47.7 Å². The van der Waals surface area contributed by atoms with Gasteiger partial charge in [-0.1, -0.05) is 50.2 Å². The first-order valence-corrected chi connectivity index (χ1v) is 12.3. The lowest BCUT2D eigenvalue weighted by atomic mass is 10.1. The van der Waals surface area contributed by atoms with Gasteiger partial charge in [-0.3, -0.25) is 14.2 Å². The Morgan fingerprint density at radius 2 is 1.62 bits per heavy atom. The second kappa shape index (κ2) is 10.6. The molecule has 174 valence electrons. The van der Waals surface area contributed by atoms with Gasteiger partial charge in [-0.2, -0.15) is 5.26 Å². The molecule has 6 nitrogen and oxygen atoms in total. The summed E-state index contributed by atoms with van der Waals surface area (Å²) >= 11 is 1.18. The Hall–Kier alpha value is -3.47. The Morgan fingerprint density at radius 3 is 2.18 bits per heavy atom. The molecule has 1 aliphatic rings. The molecular weight excluding hydrogens is 446 g/mol. The minimum atomic E-state index is -0.371. The summed E-state index contributed by atoms with van der Waals surface area (Å²) in [7, 11) is 0. The second-order valence-corrected chi connectivity index (χ2v) is 9.09. The molecule has 1 fully saturated rings. The van der Waals surface area contributed by atoms with Gasteiger partial charge in [0, 0.05) is 13.1 Å². The predicted molar refractivity (Wildman–Crippen MR) is 134 cm³/mol. The predicted octanol–water partition coefficient (Wildman–Crippen LogP) is 2.39. The SMILES string of the molecule is CCc1ccc(/C=c2\s/c(=C(/C#N)C(=O)N3CCOCC3)n(-c3ccc(CC)cc3)c2=O)cc1. The first kappa shape index (κ1) is 23.7. The number of thiazole rings is 1. The second-order valence-electron chi connectivity index (χ2n) is 8.06. The number of aryl methyl sites for hydroxylation is 2. The molecule has 0 saturated carbocycles. The zero-order chi connectivity index (χ0) is 24.1. The average Bonchev–Trinajstić information content (AvgIpc) is 3.20. The largest absolute Gasteiger partial charge is 0.378 e. The summed E-state index contributed by atoms with van der Waals surface area (Å²) in [6, 6.07) is 17.8. The van der Waals surface area contributed by atoms with Gasteiger partial charge < -0.3 is 9.64 Å². The number of hydrogen-bond donors (Lipinski definition) is 0. The summed E-state index contributed by atoms with van der Waals surface area (Å²) in [5, 5.41) is 10.00. The topological polar surface area (TPSA) is 75.3 Å². The fourth-order valence-electron chi connectivity index (χ4n) is 3.88. The standard InChI is InChI=1S/C27H27N3O3S/c1-3-19-5-7-21(8-6-19)17-24-26(32)30(22-11-9-20(4-2)10-12-22)27(34-24)23(18-28)25(31)29-13-15-33-16-14-29/h5-12,17H,3-4,13-16H2,1-2H3/b24-17-,27-23-. The molecule has 1 saturated heterocycles. The number of amides is 1. The first-order valence-electron chi connectivity index (χ1n) is 11.5. The van der Waals surface area contributed by atoms with E-state index in [9.17, 15) is 14.9 Å². The van der Waals surface area contributed by atoms with Crippen LogP contribution in [0.25, 0.3) is 17.3 Å². The number of nitrogens with zero attached hydrogens (tertiary/aromatic N) is 3. The molecule has 0 atom stereocenters. The number of hydrogen-bond acceptors (Lipinski definition) is 5. The highest BCUT2D eigenvalue weighted by Crippen LogP contribution is 2.10. The third-order valence-corrected chi connectivity index (χ3v) is 7.04. The van der Waals surface area contributed by atoms with Crippen LogP contribution < -0.4 is 14.8 Å². The Kier molecular flexibility index (Phi) is 7.41. The highest BCUT2D eigenvalue weighted by atomic mass is 32.1. The van der Waals surface area contributed by atoms with Crippen molar-refractivity contribution in [2.75, 3.05) is 26.3 Å². The van der Waals surface area contributed by atoms with E-state index in [-0.39, 0.29) is 17.0 Å². The van der Waals surface area contributed by atoms with E-state index in [2.05, 4.69) is 19.9 Å². The molecule has 4 rings (SSSR count). The van der Waals surface area contributed by atoms with E-state index in [4.69, 9.17) is 4.74 Å². The molecule has 0 radical (unpaired) electrons. The third-order valence-electron chi connectivity index (χ3n) is 5.95. The molecule has 34 heavy (non-hydrogen) atoms. The van der Waals surface area contributed by atoms with Crippen LogP contribution >= 0.6 is 11.3 Å². The number of nitriles is 1. The van der Waals surface area contributed by atoms with Crippen molar-refractivity contribution in [2.24, 2.45) is 0 Å². The van der Waals surface area contributed by atoms with Crippen LogP contribution in [0.5, 0.6) is 0 Å². The van der Waals surface area contributed by atoms with Crippen molar-refractivity contribution in [3.8, 4) is 11.8 Å². The van der Waals surface area contributed by atoms with E-state index in [0.717, 1.165) is 24.0 Å². The quantitative estimate of drug-likeness (QED) is 0.570. The van der Waals surface area contributed by atoms with Gasteiger partial charge in [0.25, 0.3) is 11.5 Å². The monoisotopic (exact) mass is 473 g/mol. The number of carbonyl (C=O) groups excluding carboxylic acids is 1. The Bertz CT molecular complexity index is 1390. The van der Waals surface area contributed by atoms with Crippen LogP contribution in [0.15, 0.2) is 53.3 Å². The number of rotatable bonds is 5. The summed E-state index contributed by atoms with van der Waals surface area (Å²) < 4.78 is 7.66. The van der Waals surface area contributed by atoms with Gasteiger partial charge >= 0.3 is 0 Å². The van der Waals surface area contributed by atoms with Gasteiger partial charge in [0.1, 0.15) is 10.7 Å². The number of aromatic nitrogens is 1. The molecule has 1 aliphatic heterocycles. The number of morpholine rings is 1. The molecule has 7 heteroatoms. The zero-order valence-electron chi connectivity index (χ0n) is 19.4. The maximum Gasteiger partial charge on any atom is 0.273 e. The Labute approximate surface area is 202 Å². The van der Waals surface area contributed by atoms with Crippen molar-refractivity contribution in [1.29, 1.82) is 5.26 Å². The molecule has 0 bridgehead atoms. The van der Waals surface area contributed by atoms with Crippen molar-refractivity contribution in [2.45, 2.75) is 26.7 Å². The number of carbonyl (C=O) groups is 1. The van der Waals surface area contributed by atoms with E-state index in [1.54, 1.807) is 4.90 Å². The summed E-state index contributed by atoms with van der Waals surface area (Å²) in [5.41, 5.74) is 3.63. The summed E-state index contributed by atoms with van der Waals surface area (Å²) in [5.74, 6) is -0.371. The molecule has 0 unspecified atom stereocenters. The third kappa shape index (κ3) is 4.89. The van der Waals surface area contributed by atoms with Gasteiger partial charge in [0.05, 0.1) is 23.4 Å². The van der Waals surface area contributed by atoms with Crippen LogP contribution in [-0.4, -0.2) is 41.7 Å². The first-order chi connectivity index (χ1) is 16.5. The highest BCUT2D eigenvalue weighted by molar-refractivity contribution is 7.07. The molecule has 3 aromatic rings. The van der Waals surface area contributed by atoms with Crippen LogP contribution in [0.2, 0.25) is 0 Å². The van der Waals surface area contributed by atoms with E-state index in [1.807, 2.05) is 54.6 Å². The van der Waals surface area contributed by atoms with Crippen molar-refractivity contribution >= 4 is 28.9 Å². The van der Waals surface area contributed by atoms with Crippen LogP contribution in [-0.2, 0) is 22.4 Å². The summed E-state index contributed by atoms with van der Waals surface area (Å²) in [6.07, 6.45) is 3.64. The minimum Gasteiger partial charge on any atom is -0.378 e. The normalized spacial score (nSPS) is 15.2. The van der Waals surface area contributed by atoms with Crippen molar-refractivity contribution in [1.82, 2.24) is 9.47 Å². The van der Waals surface area contributed by atoms with E-state index in [1.165, 1.54) is 21.5 Å². The number of ether oxygens (including phenoxy) is 1. The van der Waals surface area contributed by atoms with Gasteiger partial charge in [0.2, 0.25) is 0 Å². The van der Waals surface area contributed by atoms with Crippen LogP contribution in [0.3, 0.4) is 0 Å². The van der Waals surface area contributed by atoms with E-state index in [0.29, 0.717) is 41.2 Å². The van der Waals surface area contributed by atoms with Crippen molar-refractivity contribution in [3.05, 3.63) is 84.8 Å². The van der Waals surface area contributed by atoms with Gasteiger partial charge in [0.15, 0.2) is 5.57 Å². The molecule has 1 aromatic heterocycles. The molecule has 0 aliphatic carbocycles. The van der Waals surface area contributed by atoms with Gasteiger partial charge in [-0.25, -0.2) is 0 Å². The van der Waals surface area contributed by atoms with Crippen molar-refractivity contribution in [3.63, 3.8) is 0 Å². The zero-order valence-corrected chi connectivity index (χ0v) is 20.2. The molecule has 2 aromatic carbocycles. The van der Waals surface area contributed by atoms with Crippen LogP contribution in [0, 0.1) is 11.3 Å². The molecule has 0 N–H and O–H groups in total. The van der Waals surface area contributed by atoms with Gasteiger partial charge in [-0.15, -0.1) is 11.3 Å². The maximum absolute atomic E-state index is 13.6. The fraction of sp³-hybridized carbons (Fsp3) is 0.296. The lowest BCUT2D eigenvalue weighted by molar-refractivity contribution is -0.128. The molecular formula is C27H27N3O3S. The van der Waals surface area contributed by atoms with E-state index >= 15 is 0 Å². The average molecular weight is 474 g/mol. The smallest absolute Gasteiger partial charge is 0.273 e. The van der Waals surface area contributed by atoms with Crippen LogP contribution in [0.4, 0.5) is 0 Å². The maximum atomic E-state index is 13.6. The molecule has 1 amide bonds. The lowest BCUT2D eigenvalue weighted by Crippen LogP contribution is -2.42. The molecule has 0 spiro atoms. The summed E-state index contributed by atoms with van der Waals surface area (Å²) in [6.45, 7) is 5.88. The lowest BCUT2D eigenvalue weighted by Gasteiger charge is -2.26. The van der Waals surface area contributed by atoms with Crippen molar-refractivity contribution < 1.29 is 9.53 Å². The van der Waals surface area contributed by atoms with E-state index < -0.39 is 0 Å².